The van der Waals surface area contributed by atoms with Crippen LogP contribution in [0.1, 0.15) is 11.5 Å². The molecule has 0 fully saturated rings. The first-order chi connectivity index (χ1) is 7.24. The standard InChI is InChI=1S/C12H13NO2/c1-9-2-7-12(15-9)8-13-10-3-5-11(14)6-4-10/h2-7,13-14H,8H2,1H3. The first-order valence-electron chi connectivity index (χ1n) is 4.82. The summed E-state index contributed by atoms with van der Waals surface area (Å²) >= 11 is 0. The number of aromatic hydroxyl groups is 1. The molecule has 1 heterocycles. The molecule has 0 bridgehead atoms. The molecular formula is C12H13NO2. The number of hydrogen-bond acceptors (Lipinski definition) is 3. The Bertz CT molecular complexity index is 431. The van der Waals surface area contributed by atoms with E-state index in [4.69, 9.17) is 9.52 Å². The van der Waals surface area contributed by atoms with Crippen LogP contribution >= 0.6 is 0 Å². The average Bonchev–Trinajstić information content (AvgIpc) is 2.64. The van der Waals surface area contributed by atoms with Crippen LogP contribution in [0.4, 0.5) is 5.69 Å². The highest BCUT2D eigenvalue weighted by atomic mass is 16.3. The Labute approximate surface area is 88.4 Å². The van der Waals surface area contributed by atoms with Crippen LogP contribution < -0.4 is 5.32 Å². The topological polar surface area (TPSA) is 45.4 Å². The van der Waals surface area contributed by atoms with Gasteiger partial charge in [0.25, 0.3) is 0 Å². The van der Waals surface area contributed by atoms with E-state index in [-0.39, 0.29) is 5.75 Å². The third-order valence-electron chi connectivity index (χ3n) is 2.13. The molecule has 0 spiro atoms. The minimum atomic E-state index is 0.273. The van der Waals surface area contributed by atoms with Crippen LogP contribution in [0.25, 0.3) is 0 Å². The minimum Gasteiger partial charge on any atom is -0.508 e. The Morgan fingerprint density at radius 3 is 2.47 bits per heavy atom. The molecule has 1 aromatic heterocycles. The van der Waals surface area contributed by atoms with Crippen molar-refractivity contribution in [1.82, 2.24) is 0 Å². The van der Waals surface area contributed by atoms with Gasteiger partial charge in [0, 0.05) is 5.69 Å². The third kappa shape index (κ3) is 2.53. The Morgan fingerprint density at radius 1 is 1.13 bits per heavy atom. The predicted molar refractivity (Wildman–Crippen MR) is 58.9 cm³/mol. The number of furan rings is 1. The largest absolute Gasteiger partial charge is 0.508 e. The van der Waals surface area contributed by atoms with Crippen LogP contribution in [0.3, 0.4) is 0 Å². The summed E-state index contributed by atoms with van der Waals surface area (Å²) < 4.78 is 5.42. The SMILES string of the molecule is Cc1ccc(CNc2ccc(O)cc2)o1. The molecule has 0 unspecified atom stereocenters. The van der Waals surface area contributed by atoms with Crippen molar-refractivity contribution in [3.8, 4) is 5.75 Å². The van der Waals surface area contributed by atoms with E-state index >= 15 is 0 Å². The van der Waals surface area contributed by atoms with E-state index in [1.807, 2.05) is 31.2 Å². The second-order valence-electron chi connectivity index (χ2n) is 3.41. The molecule has 2 N–H and O–H groups in total. The monoisotopic (exact) mass is 203 g/mol. The maximum Gasteiger partial charge on any atom is 0.123 e. The van der Waals surface area contributed by atoms with Gasteiger partial charge in [0.2, 0.25) is 0 Å². The molecule has 1 aromatic carbocycles. The second kappa shape index (κ2) is 4.09. The summed E-state index contributed by atoms with van der Waals surface area (Å²) in [5.74, 6) is 2.09. The number of benzene rings is 1. The fourth-order valence-electron chi connectivity index (χ4n) is 1.35. The lowest BCUT2D eigenvalue weighted by molar-refractivity contribution is 0.475. The second-order valence-corrected chi connectivity index (χ2v) is 3.41. The smallest absolute Gasteiger partial charge is 0.123 e. The molecule has 2 aromatic rings. The first-order valence-corrected chi connectivity index (χ1v) is 4.82. The van der Waals surface area contributed by atoms with Gasteiger partial charge >= 0.3 is 0 Å². The minimum absolute atomic E-state index is 0.273. The number of nitrogens with one attached hydrogen (secondary N) is 1. The van der Waals surface area contributed by atoms with Crippen molar-refractivity contribution in [2.75, 3.05) is 5.32 Å². The van der Waals surface area contributed by atoms with Crippen LogP contribution in [0.2, 0.25) is 0 Å². The van der Waals surface area contributed by atoms with Crippen molar-refractivity contribution in [3.63, 3.8) is 0 Å². The molecule has 0 saturated carbocycles. The summed E-state index contributed by atoms with van der Waals surface area (Å²) in [5.41, 5.74) is 0.960. The lowest BCUT2D eigenvalue weighted by Gasteiger charge is -2.03. The van der Waals surface area contributed by atoms with Gasteiger partial charge in [-0.1, -0.05) is 0 Å². The van der Waals surface area contributed by atoms with E-state index < -0.39 is 0 Å². The number of phenolic OH excluding ortho intramolecular Hbond substituents is 1. The molecule has 78 valence electrons. The van der Waals surface area contributed by atoms with Crippen LogP contribution in [0.15, 0.2) is 40.8 Å². The lowest BCUT2D eigenvalue weighted by atomic mass is 10.3. The number of anilines is 1. The maximum absolute atomic E-state index is 9.10. The van der Waals surface area contributed by atoms with E-state index in [0.717, 1.165) is 17.2 Å². The van der Waals surface area contributed by atoms with Gasteiger partial charge in [-0.05, 0) is 43.3 Å². The molecule has 0 aliphatic heterocycles. The Morgan fingerprint density at radius 2 is 1.87 bits per heavy atom. The van der Waals surface area contributed by atoms with Gasteiger partial charge < -0.3 is 14.8 Å². The Hall–Kier alpha value is -1.90. The molecule has 0 saturated heterocycles. The van der Waals surface area contributed by atoms with Crippen molar-refractivity contribution >= 4 is 5.69 Å². The van der Waals surface area contributed by atoms with Crippen LogP contribution in [0, 0.1) is 6.92 Å². The summed E-state index contributed by atoms with van der Waals surface area (Å²) in [6.07, 6.45) is 0. The molecule has 15 heavy (non-hydrogen) atoms. The first kappa shape index (κ1) is 9.65. The van der Waals surface area contributed by atoms with Crippen LogP contribution in [-0.4, -0.2) is 5.11 Å². The van der Waals surface area contributed by atoms with E-state index in [1.54, 1.807) is 12.1 Å². The molecular weight excluding hydrogens is 190 g/mol. The highest BCUT2D eigenvalue weighted by Crippen LogP contribution is 2.15. The maximum atomic E-state index is 9.10. The highest BCUT2D eigenvalue weighted by Gasteiger charge is 1.98. The van der Waals surface area contributed by atoms with Crippen molar-refractivity contribution < 1.29 is 9.52 Å². The zero-order chi connectivity index (χ0) is 10.7. The number of hydrogen-bond donors (Lipinski definition) is 2. The predicted octanol–water partition coefficient (Wildman–Crippen LogP) is 2.91. The van der Waals surface area contributed by atoms with Crippen molar-refractivity contribution in [2.45, 2.75) is 13.5 Å². The number of rotatable bonds is 3. The molecule has 0 amide bonds. The molecule has 0 aliphatic carbocycles. The van der Waals surface area contributed by atoms with Gasteiger partial charge in [-0.3, -0.25) is 0 Å². The summed E-state index contributed by atoms with van der Waals surface area (Å²) in [5, 5.41) is 12.3. The summed E-state index contributed by atoms with van der Waals surface area (Å²) in [4.78, 5) is 0. The third-order valence-corrected chi connectivity index (χ3v) is 2.13. The molecule has 0 aliphatic rings. The van der Waals surface area contributed by atoms with Gasteiger partial charge in [-0.25, -0.2) is 0 Å². The quantitative estimate of drug-likeness (QED) is 0.754. The molecule has 2 rings (SSSR count). The number of aryl methyl sites for hydroxylation is 1. The van der Waals surface area contributed by atoms with E-state index in [0.29, 0.717) is 6.54 Å². The highest BCUT2D eigenvalue weighted by molar-refractivity contribution is 5.46. The van der Waals surface area contributed by atoms with Gasteiger partial charge in [-0.15, -0.1) is 0 Å². The molecule has 0 atom stereocenters. The van der Waals surface area contributed by atoms with Crippen LogP contribution in [-0.2, 0) is 6.54 Å². The van der Waals surface area contributed by atoms with Gasteiger partial charge in [0.05, 0.1) is 6.54 Å². The molecule has 3 heteroatoms. The summed E-state index contributed by atoms with van der Waals surface area (Å²) in [6.45, 7) is 2.57. The Kier molecular flexibility index (Phi) is 2.63. The zero-order valence-corrected chi connectivity index (χ0v) is 8.53. The summed E-state index contributed by atoms with van der Waals surface area (Å²) in [7, 11) is 0. The van der Waals surface area contributed by atoms with Crippen LogP contribution in [0.5, 0.6) is 5.75 Å². The van der Waals surface area contributed by atoms with E-state index in [2.05, 4.69) is 5.32 Å². The van der Waals surface area contributed by atoms with Gasteiger partial charge in [-0.2, -0.15) is 0 Å². The average molecular weight is 203 g/mol. The fourth-order valence-corrected chi connectivity index (χ4v) is 1.35. The summed E-state index contributed by atoms with van der Waals surface area (Å²) in [6, 6.07) is 10.8. The van der Waals surface area contributed by atoms with Crippen molar-refractivity contribution in [2.24, 2.45) is 0 Å². The Balaban J connectivity index is 1.96. The number of phenols is 1. The lowest BCUT2D eigenvalue weighted by Crippen LogP contribution is -1.97. The normalized spacial score (nSPS) is 10.2. The van der Waals surface area contributed by atoms with Gasteiger partial charge in [0.15, 0.2) is 0 Å². The van der Waals surface area contributed by atoms with Crippen molar-refractivity contribution in [3.05, 3.63) is 47.9 Å². The fraction of sp³-hybridized carbons (Fsp3) is 0.167. The molecule has 3 nitrogen and oxygen atoms in total. The van der Waals surface area contributed by atoms with E-state index in [1.165, 1.54) is 0 Å². The van der Waals surface area contributed by atoms with Crippen molar-refractivity contribution in [1.29, 1.82) is 0 Å². The molecule has 0 radical (unpaired) electrons. The van der Waals surface area contributed by atoms with E-state index in [9.17, 15) is 0 Å². The van der Waals surface area contributed by atoms with Gasteiger partial charge in [0.1, 0.15) is 17.3 Å². The zero-order valence-electron chi connectivity index (χ0n) is 8.53.